The molecule has 0 aromatic heterocycles. The summed E-state index contributed by atoms with van der Waals surface area (Å²) in [4.78, 5) is 25.2. The minimum absolute atomic E-state index is 0.110. The van der Waals surface area contributed by atoms with E-state index in [2.05, 4.69) is 10.6 Å². The van der Waals surface area contributed by atoms with E-state index in [9.17, 15) is 9.59 Å². The molecule has 0 bridgehead atoms. The fraction of sp³-hybridized carbons (Fsp3) is 0.130. The highest BCUT2D eigenvalue weighted by molar-refractivity contribution is 6.42. The first-order valence-corrected chi connectivity index (χ1v) is 10.0. The molecule has 0 radical (unpaired) electrons. The quantitative estimate of drug-likeness (QED) is 0.509. The molecule has 3 rings (SSSR count). The average molecular weight is 443 g/mol. The molecule has 0 saturated carbocycles. The van der Waals surface area contributed by atoms with Gasteiger partial charge in [-0.1, -0.05) is 83.9 Å². The highest BCUT2D eigenvalue weighted by atomic mass is 35.5. The third-order valence-electron chi connectivity index (χ3n) is 4.29. The van der Waals surface area contributed by atoms with Gasteiger partial charge in [-0.3, -0.25) is 4.79 Å². The molecular weight excluding hydrogens is 423 g/mol. The molecule has 0 saturated heterocycles. The highest BCUT2D eigenvalue weighted by Gasteiger charge is 2.22. The first-order chi connectivity index (χ1) is 14.5. The van der Waals surface area contributed by atoms with Crippen LogP contribution >= 0.6 is 23.2 Å². The minimum Gasteiger partial charge on any atom is -0.445 e. The van der Waals surface area contributed by atoms with Gasteiger partial charge in [-0.2, -0.15) is 0 Å². The summed E-state index contributed by atoms with van der Waals surface area (Å²) in [6.07, 6.45) is -0.377. The molecule has 0 aliphatic heterocycles. The molecule has 3 aromatic rings. The lowest BCUT2D eigenvalue weighted by Crippen LogP contribution is -2.45. The summed E-state index contributed by atoms with van der Waals surface area (Å²) in [7, 11) is 0. The Morgan fingerprint density at radius 2 is 1.47 bits per heavy atom. The number of nitrogens with one attached hydrogen (secondary N) is 2. The average Bonchev–Trinajstić information content (AvgIpc) is 2.76. The monoisotopic (exact) mass is 442 g/mol. The van der Waals surface area contributed by atoms with E-state index in [1.165, 1.54) is 0 Å². The number of hydrogen-bond acceptors (Lipinski definition) is 3. The van der Waals surface area contributed by atoms with Gasteiger partial charge in [0.1, 0.15) is 12.6 Å². The van der Waals surface area contributed by atoms with Crippen molar-refractivity contribution in [1.82, 2.24) is 5.32 Å². The molecule has 0 heterocycles. The van der Waals surface area contributed by atoms with Gasteiger partial charge in [0.05, 0.1) is 10.0 Å². The Bertz CT molecular complexity index is 998. The molecule has 30 heavy (non-hydrogen) atoms. The molecule has 0 spiro atoms. The fourth-order valence-electron chi connectivity index (χ4n) is 2.77. The fourth-order valence-corrected chi connectivity index (χ4v) is 3.07. The number of anilines is 1. The second-order valence-corrected chi connectivity index (χ2v) is 7.38. The topological polar surface area (TPSA) is 67.4 Å². The molecule has 0 aliphatic carbocycles. The predicted molar refractivity (Wildman–Crippen MR) is 119 cm³/mol. The second kappa shape index (κ2) is 10.7. The van der Waals surface area contributed by atoms with Crippen molar-refractivity contribution in [3.8, 4) is 0 Å². The van der Waals surface area contributed by atoms with Crippen molar-refractivity contribution in [2.45, 2.75) is 19.1 Å². The zero-order chi connectivity index (χ0) is 21.3. The van der Waals surface area contributed by atoms with E-state index < -0.39 is 18.0 Å². The largest absolute Gasteiger partial charge is 0.445 e. The van der Waals surface area contributed by atoms with Crippen LogP contribution in [0.2, 0.25) is 10.0 Å². The van der Waals surface area contributed by atoms with E-state index in [-0.39, 0.29) is 6.61 Å². The molecular formula is C23H20Cl2N2O3. The van der Waals surface area contributed by atoms with Gasteiger partial charge >= 0.3 is 6.09 Å². The molecule has 3 aromatic carbocycles. The number of amides is 2. The molecule has 0 unspecified atom stereocenters. The van der Waals surface area contributed by atoms with Gasteiger partial charge in [0.25, 0.3) is 0 Å². The Hall–Kier alpha value is -3.02. The Labute approximate surface area is 185 Å². The van der Waals surface area contributed by atoms with E-state index in [1.807, 2.05) is 60.7 Å². The molecule has 0 fully saturated rings. The number of alkyl carbamates (subject to hydrolysis) is 1. The van der Waals surface area contributed by atoms with E-state index in [0.29, 0.717) is 22.2 Å². The van der Waals surface area contributed by atoms with Crippen molar-refractivity contribution < 1.29 is 14.3 Å². The second-order valence-electron chi connectivity index (χ2n) is 6.57. The highest BCUT2D eigenvalue weighted by Crippen LogP contribution is 2.25. The van der Waals surface area contributed by atoms with Gasteiger partial charge in [0, 0.05) is 12.1 Å². The molecule has 7 heteroatoms. The van der Waals surface area contributed by atoms with Crippen LogP contribution in [0.25, 0.3) is 0 Å². The Balaban J connectivity index is 1.68. The van der Waals surface area contributed by atoms with Gasteiger partial charge in [-0.25, -0.2) is 4.79 Å². The predicted octanol–water partition coefficient (Wildman–Crippen LogP) is 5.47. The Morgan fingerprint density at radius 3 is 2.10 bits per heavy atom. The van der Waals surface area contributed by atoms with Crippen molar-refractivity contribution in [3.05, 3.63) is 100 Å². The number of benzene rings is 3. The smallest absolute Gasteiger partial charge is 0.408 e. The van der Waals surface area contributed by atoms with Crippen molar-refractivity contribution in [2.24, 2.45) is 0 Å². The zero-order valence-electron chi connectivity index (χ0n) is 16.0. The third-order valence-corrected chi connectivity index (χ3v) is 5.03. The van der Waals surface area contributed by atoms with Crippen LogP contribution in [0.3, 0.4) is 0 Å². The van der Waals surface area contributed by atoms with E-state index in [1.54, 1.807) is 18.2 Å². The number of halogens is 2. The Kier molecular flexibility index (Phi) is 7.71. The van der Waals surface area contributed by atoms with Crippen LogP contribution in [-0.2, 0) is 22.6 Å². The summed E-state index contributed by atoms with van der Waals surface area (Å²) in [5.41, 5.74) is 2.23. The van der Waals surface area contributed by atoms with Gasteiger partial charge in [-0.05, 0) is 29.3 Å². The number of hydrogen-bond donors (Lipinski definition) is 2. The number of carbonyl (C=O) groups excluding carboxylic acids is 2. The van der Waals surface area contributed by atoms with Crippen molar-refractivity contribution >= 4 is 40.9 Å². The van der Waals surface area contributed by atoms with Crippen molar-refractivity contribution in [2.75, 3.05) is 5.32 Å². The maximum absolute atomic E-state index is 12.9. The van der Waals surface area contributed by atoms with Crippen LogP contribution in [-0.4, -0.2) is 18.0 Å². The summed E-state index contributed by atoms with van der Waals surface area (Å²) in [5.74, 6) is -0.395. The van der Waals surface area contributed by atoms with Crippen LogP contribution in [0.15, 0.2) is 78.9 Å². The number of carbonyl (C=O) groups is 2. The maximum atomic E-state index is 12.9. The molecule has 2 amide bonds. The lowest BCUT2D eigenvalue weighted by atomic mass is 10.1. The van der Waals surface area contributed by atoms with Gasteiger partial charge in [0.15, 0.2) is 0 Å². The van der Waals surface area contributed by atoms with Crippen LogP contribution < -0.4 is 10.6 Å². The standard InChI is InChI=1S/C23H20Cl2N2O3/c24-19-12-11-18(14-20(19)25)26-22(28)21(13-16-7-3-1-4-8-16)27-23(29)30-15-17-9-5-2-6-10-17/h1-12,14,21H,13,15H2,(H,26,28)(H,27,29)/t21-/m1/s1. The van der Waals surface area contributed by atoms with Crippen molar-refractivity contribution in [1.29, 1.82) is 0 Å². The van der Waals surface area contributed by atoms with Crippen LogP contribution in [0.4, 0.5) is 10.5 Å². The maximum Gasteiger partial charge on any atom is 0.408 e. The first-order valence-electron chi connectivity index (χ1n) is 9.28. The molecule has 5 nitrogen and oxygen atoms in total. The van der Waals surface area contributed by atoms with Crippen LogP contribution in [0.1, 0.15) is 11.1 Å². The molecule has 2 N–H and O–H groups in total. The molecule has 0 aliphatic rings. The van der Waals surface area contributed by atoms with Crippen LogP contribution in [0, 0.1) is 0 Å². The Morgan fingerprint density at radius 1 is 0.833 bits per heavy atom. The molecule has 1 atom stereocenters. The minimum atomic E-state index is -0.842. The summed E-state index contributed by atoms with van der Waals surface area (Å²) in [6.45, 7) is 0.110. The first kappa shape index (κ1) is 21.7. The van der Waals surface area contributed by atoms with E-state index >= 15 is 0 Å². The zero-order valence-corrected chi connectivity index (χ0v) is 17.5. The number of rotatable bonds is 7. The van der Waals surface area contributed by atoms with Crippen molar-refractivity contribution in [3.63, 3.8) is 0 Å². The SMILES string of the molecule is O=C(N[C@H](Cc1ccccc1)C(=O)Nc1ccc(Cl)c(Cl)c1)OCc1ccccc1. The molecule has 154 valence electrons. The summed E-state index contributed by atoms with van der Waals surface area (Å²) < 4.78 is 5.26. The van der Waals surface area contributed by atoms with E-state index in [4.69, 9.17) is 27.9 Å². The van der Waals surface area contributed by atoms with E-state index in [0.717, 1.165) is 11.1 Å². The van der Waals surface area contributed by atoms with Gasteiger partial charge in [0.2, 0.25) is 5.91 Å². The summed E-state index contributed by atoms with van der Waals surface area (Å²) >= 11 is 11.9. The normalized spacial score (nSPS) is 11.4. The lowest BCUT2D eigenvalue weighted by molar-refractivity contribution is -0.118. The summed E-state index contributed by atoms with van der Waals surface area (Å²) in [5, 5.41) is 6.12. The lowest BCUT2D eigenvalue weighted by Gasteiger charge is -2.19. The third kappa shape index (κ3) is 6.51. The van der Waals surface area contributed by atoms with Gasteiger partial charge in [-0.15, -0.1) is 0 Å². The van der Waals surface area contributed by atoms with Gasteiger partial charge < -0.3 is 15.4 Å². The number of ether oxygens (including phenoxy) is 1. The summed E-state index contributed by atoms with van der Waals surface area (Å²) in [6, 6.07) is 22.6. The van der Waals surface area contributed by atoms with Crippen LogP contribution in [0.5, 0.6) is 0 Å².